The molecule has 0 atom stereocenters. The van der Waals surface area contributed by atoms with E-state index in [2.05, 4.69) is 4.98 Å². The van der Waals surface area contributed by atoms with E-state index in [4.69, 9.17) is 4.42 Å². The highest BCUT2D eigenvalue weighted by molar-refractivity contribution is 5.14. The van der Waals surface area contributed by atoms with Crippen molar-refractivity contribution in [1.82, 2.24) is 9.55 Å². The molecule has 0 fully saturated rings. The van der Waals surface area contributed by atoms with Crippen LogP contribution in [0.1, 0.15) is 11.3 Å². The molecule has 0 spiro atoms. The molecule has 0 aliphatic carbocycles. The molecule has 4 nitrogen and oxygen atoms in total. The molecule has 13 heavy (non-hydrogen) atoms. The van der Waals surface area contributed by atoms with Gasteiger partial charge in [0, 0.05) is 12.4 Å². The number of imidazole rings is 1. The van der Waals surface area contributed by atoms with Crippen LogP contribution in [0.5, 0.6) is 0 Å². The van der Waals surface area contributed by atoms with E-state index in [0.29, 0.717) is 6.54 Å². The fourth-order valence-corrected chi connectivity index (χ4v) is 1.19. The van der Waals surface area contributed by atoms with Gasteiger partial charge in [-0.25, -0.2) is 4.79 Å². The molecular formula is C9H10N2O2. The van der Waals surface area contributed by atoms with Crippen LogP contribution in [-0.2, 0) is 6.54 Å². The van der Waals surface area contributed by atoms with Gasteiger partial charge in [0.2, 0.25) is 0 Å². The average Bonchev–Trinajstić information content (AvgIpc) is 2.65. The Morgan fingerprint density at radius 1 is 1.62 bits per heavy atom. The summed E-state index contributed by atoms with van der Waals surface area (Å²) in [4.78, 5) is 13.7. The van der Waals surface area contributed by atoms with Crippen molar-refractivity contribution in [2.45, 2.75) is 13.5 Å². The normalized spacial score (nSPS) is 10.5. The zero-order chi connectivity index (χ0) is 9.26. The van der Waals surface area contributed by atoms with Crippen LogP contribution >= 0.6 is 0 Å². The maximum absolute atomic E-state index is 11.1. The SMILES string of the molecule is Cc1ccoc1Cn1cc[nH]c1=O. The van der Waals surface area contributed by atoms with Crippen LogP contribution in [0.4, 0.5) is 0 Å². The summed E-state index contributed by atoms with van der Waals surface area (Å²) in [6.45, 7) is 2.44. The third kappa shape index (κ3) is 1.42. The molecular weight excluding hydrogens is 168 g/mol. The van der Waals surface area contributed by atoms with Crippen LogP contribution in [0, 0.1) is 6.92 Å². The molecule has 4 heteroatoms. The molecule has 0 radical (unpaired) electrons. The second kappa shape index (κ2) is 2.97. The van der Waals surface area contributed by atoms with Crippen molar-refractivity contribution in [3.63, 3.8) is 0 Å². The van der Waals surface area contributed by atoms with Gasteiger partial charge in [-0.15, -0.1) is 0 Å². The van der Waals surface area contributed by atoms with E-state index in [-0.39, 0.29) is 5.69 Å². The van der Waals surface area contributed by atoms with Crippen LogP contribution in [0.25, 0.3) is 0 Å². The summed E-state index contributed by atoms with van der Waals surface area (Å²) < 4.78 is 6.78. The minimum absolute atomic E-state index is 0.115. The van der Waals surface area contributed by atoms with E-state index in [1.54, 1.807) is 23.2 Å². The summed E-state index contributed by atoms with van der Waals surface area (Å²) in [6.07, 6.45) is 4.94. The first kappa shape index (κ1) is 7.91. The number of H-pyrrole nitrogens is 1. The Bertz CT molecular complexity index is 450. The standard InChI is InChI=1S/C9H10N2O2/c1-7-2-5-13-8(7)6-11-4-3-10-9(11)12/h2-5H,6H2,1H3,(H,10,12). The summed E-state index contributed by atoms with van der Waals surface area (Å²) in [7, 11) is 0. The third-order valence-corrected chi connectivity index (χ3v) is 2.00. The van der Waals surface area contributed by atoms with Crippen molar-refractivity contribution in [2.75, 3.05) is 0 Å². The number of aryl methyl sites for hydroxylation is 1. The molecule has 0 bridgehead atoms. The Labute approximate surface area is 74.8 Å². The van der Waals surface area contributed by atoms with Crippen molar-refractivity contribution in [3.8, 4) is 0 Å². The lowest BCUT2D eigenvalue weighted by Crippen LogP contribution is -2.16. The molecule has 2 aromatic rings. The van der Waals surface area contributed by atoms with Gasteiger partial charge in [0.25, 0.3) is 0 Å². The Hall–Kier alpha value is -1.71. The van der Waals surface area contributed by atoms with Crippen molar-refractivity contribution in [1.29, 1.82) is 0 Å². The minimum atomic E-state index is -0.115. The summed E-state index contributed by atoms with van der Waals surface area (Å²) >= 11 is 0. The Kier molecular flexibility index (Phi) is 1.81. The Morgan fingerprint density at radius 2 is 2.46 bits per heavy atom. The van der Waals surface area contributed by atoms with E-state index in [0.717, 1.165) is 11.3 Å². The molecule has 0 amide bonds. The highest BCUT2D eigenvalue weighted by Crippen LogP contribution is 2.09. The van der Waals surface area contributed by atoms with Gasteiger partial charge < -0.3 is 9.40 Å². The van der Waals surface area contributed by atoms with Crippen molar-refractivity contribution in [2.24, 2.45) is 0 Å². The van der Waals surface area contributed by atoms with E-state index in [9.17, 15) is 4.79 Å². The first-order valence-corrected chi connectivity index (χ1v) is 4.04. The maximum atomic E-state index is 11.1. The number of hydrogen-bond acceptors (Lipinski definition) is 2. The van der Waals surface area contributed by atoms with Crippen molar-refractivity contribution >= 4 is 0 Å². The number of nitrogens with one attached hydrogen (secondary N) is 1. The van der Waals surface area contributed by atoms with E-state index in [1.165, 1.54) is 0 Å². The smallest absolute Gasteiger partial charge is 0.325 e. The number of aromatic nitrogens is 2. The lowest BCUT2D eigenvalue weighted by molar-refractivity contribution is 0.487. The van der Waals surface area contributed by atoms with Crippen LogP contribution in [0.15, 0.2) is 33.9 Å². The zero-order valence-corrected chi connectivity index (χ0v) is 7.28. The van der Waals surface area contributed by atoms with Crippen LogP contribution in [-0.4, -0.2) is 9.55 Å². The van der Waals surface area contributed by atoms with Gasteiger partial charge >= 0.3 is 5.69 Å². The molecule has 0 saturated carbocycles. The van der Waals surface area contributed by atoms with Gasteiger partial charge in [0.15, 0.2) is 0 Å². The second-order valence-electron chi connectivity index (χ2n) is 2.92. The molecule has 1 N–H and O–H groups in total. The summed E-state index contributed by atoms with van der Waals surface area (Å²) in [5, 5.41) is 0. The molecule has 2 aromatic heterocycles. The molecule has 0 saturated heterocycles. The topological polar surface area (TPSA) is 50.9 Å². The molecule has 0 aliphatic rings. The van der Waals surface area contributed by atoms with Gasteiger partial charge in [-0.1, -0.05) is 0 Å². The van der Waals surface area contributed by atoms with Crippen LogP contribution < -0.4 is 5.69 Å². The zero-order valence-electron chi connectivity index (χ0n) is 7.28. The molecule has 0 unspecified atom stereocenters. The van der Waals surface area contributed by atoms with Crippen LogP contribution in [0.2, 0.25) is 0 Å². The van der Waals surface area contributed by atoms with Crippen molar-refractivity contribution in [3.05, 3.63) is 46.5 Å². The number of nitrogens with zero attached hydrogens (tertiary/aromatic N) is 1. The number of furan rings is 1. The monoisotopic (exact) mass is 178 g/mol. The first-order chi connectivity index (χ1) is 6.27. The van der Waals surface area contributed by atoms with E-state index in [1.807, 2.05) is 13.0 Å². The van der Waals surface area contributed by atoms with Crippen LogP contribution in [0.3, 0.4) is 0 Å². The van der Waals surface area contributed by atoms with Gasteiger partial charge in [-0.2, -0.15) is 0 Å². The predicted molar refractivity (Wildman–Crippen MR) is 47.6 cm³/mol. The predicted octanol–water partition coefficient (Wildman–Crippen LogP) is 1.13. The van der Waals surface area contributed by atoms with E-state index >= 15 is 0 Å². The summed E-state index contributed by atoms with van der Waals surface area (Å²) in [5.74, 6) is 0.821. The highest BCUT2D eigenvalue weighted by atomic mass is 16.3. The fourth-order valence-electron chi connectivity index (χ4n) is 1.19. The lowest BCUT2D eigenvalue weighted by atomic mass is 10.3. The molecule has 0 aromatic carbocycles. The van der Waals surface area contributed by atoms with Crippen molar-refractivity contribution < 1.29 is 4.42 Å². The Morgan fingerprint density at radius 3 is 3.00 bits per heavy atom. The van der Waals surface area contributed by atoms with E-state index < -0.39 is 0 Å². The minimum Gasteiger partial charge on any atom is -0.467 e. The number of aromatic amines is 1. The Balaban J connectivity index is 2.29. The summed E-state index contributed by atoms with van der Waals surface area (Å²) in [5.41, 5.74) is 0.948. The van der Waals surface area contributed by atoms with Gasteiger partial charge in [-0.3, -0.25) is 4.57 Å². The molecule has 0 aliphatic heterocycles. The second-order valence-corrected chi connectivity index (χ2v) is 2.92. The third-order valence-electron chi connectivity index (χ3n) is 2.00. The lowest BCUT2D eigenvalue weighted by Gasteiger charge is -1.97. The van der Waals surface area contributed by atoms with Gasteiger partial charge in [0.05, 0.1) is 12.8 Å². The average molecular weight is 178 g/mol. The molecule has 2 heterocycles. The largest absolute Gasteiger partial charge is 0.467 e. The number of rotatable bonds is 2. The first-order valence-electron chi connectivity index (χ1n) is 4.04. The molecule has 68 valence electrons. The van der Waals surface area contributed by atoms with Gasteiger partial charge in [0.1, 0.15) is 5.76 Å². The fraction of sp³-hybridized carbons (Fsp3) is 0.222. The van der Waals surface area contributed by atoms with Gasteiger partial charge in [-0.05, 0) is 18.6 Å². The highest BCUT2D eigenvalue weighted by Gasteiger charge is 2.03. The number of hydrogen-bond donors (Lipinski definition) is 1. The summed E-state index contributed by atoms with van der Waals surface area (Å²) in [6, 6.07) is 1.88. The molecule has 2 rings (SSSR count). The quantitative estimate of drug-likeness (QED) is 0.749. The maximum Gasteiger partial charge on any atom is 0.325 e.